The molecule has 0 heterocycles. The average Bonchev–Trinajstić information content (AvgIpc) is 2.25. The lowest BCUT2D eigenvalue weighted by Crippen LogP contribution is -2.32. The summed E-state index contributed by atoms with van der Waals surface area (Å²) in [6.45, 7) is 12.7. The van der Waals surface area contributed by atoms with E-state index in [1.54, 1.807) is 0 Å². The van der Waals surface area contributed by atoms with Gasteiger partial charge < -0.3 is 0 Å². The third-order valence-corrected chi connectivity index (χ3v) is 3.29. The molecule has 19 heavy (non-hydrogen) atoms. The van der Waals surface area contributed by atoms with Gasteiger partial charge in [-0.05, 0) is 23.8 Å². The van der Waals surface area contributed by atoms with Gasteiger partial charge in [-0.1, -0.05) is 71.9 Å². The van der Waals surface area contributed by atoms with E-state index in [-0.39, 0.29) is 16.7 Å². The van der Waals surface area contributed by atoms with Crippen molar-refractivity contribution in [3.05, 3.63) is 35.9 Å². The van der Waals surface area contributed by atoms with Gasteiger partial charge in [-0.25, -0.2) is 0 Å². The summed E-state index contributed by atoms with van der Waals surface area (Å²) < 4.78 is 0. The lowest BCUT2D eigenvalue weighted by molar-refractivity contribution is -0.131. The molecule has 1 atom stereocenters. The summed E-state index contributed by atoms with van der Waals surface area (Å²) in [5, 5.41) is 0. The molecule has 1 nitrogen and oxygen atoms in total. The van der Waals surface area contributed by atoms with E-state index in [1.807, 2.05) is 39.0 Å². The van der Waals surface area contributed by atoms with Gasteiger partial charge in [0.2, 0.25) is 0 Å². The Morgan fingerprint density at radius 3 is 1.95 bits per heavy atom. The topological polar surface area (TPSA) is 17.1 Å². The number of rotatable bonds is 4. The third-order valence-electron chi connectivity index (χ3n) is 3.29. The zero-order chi connectivity index (χ0) is 14.7. The Hall–Kier alpha value is -1.11. The van der Waals surface area contributed by atoms with Crippen molar-refractivity contribution in [2.24, 2.45) is 16.7 Å². The Bertz CT molecular complexity index is 404. The van der Waals surface area contributed by atoms with Crippen LogP contribution in [0.1, 0.15) is 53.5 Å². The number of carbonyl (C=O) groups excluding carboxylic acids is 1. The summed E-state index contributed by atoms with van der Waals surface area (Å²) in [7, 11) is 0. The molecule has 0 radical (unpaired) electrons. The normalized spacial score (nSPS) is 14.2. The summed E-state index contributed by atoms with van der Waals surface area (Å²) in [6.07, 6.45) is 1.80. The molecule has 0 aliphatic carbocycles. The van der Waals surface area contributed by atoms with Crippen molar-refractivity contribution in [3.63, 3.8) is 0 Å². The fourth-order valence-corrected chi connectivity index (χ4v) is 2.51. The minimum Gasteiger partial charge on any atom is -0.299 e. The van der Waals surface area contributed by atoms with E-state index in [1.165, 1.54) is 5.56 Å². The first-order valence-electron chi connectivity index (χ1n) is 7.18. The van der Waals surface area contributed by atoms with E-state index < -0.39 is 0 Å². The van der Waals surface area contributed by atoms with Crippen LogP contribution in [0.4, 0.5) is 0 Å². The first-order chi connectivity index (χ1) is 8.59. The Balaban J connectivity index is 2.90. The molecular formula is C18H28O. The minimum absolute atomic E-state index is 0.113. The molecule has 0 saturated carbocycles. The molecule has 1 rings (SSSR count). The summed E-state index contributed by atoms with van der Waals surface area (Å²) >= 11 is 0. The maximum atomic E-state index is 12.6. The lowest BCUT2D eigenvalue weighted by Gasteiger charge is -2.30. The highest BCUT2D eigenvalue weighted by molar-refractivity contribution is 5.86. The molecule has 0 bridgehead atoms. The summed E-state index contributed by atoms with van der Waals surface area (Å²) in [4.78, 5) is 12.6. The molecule has 0 aliphatic heterocycles. The van der Waals surface area contributed by atoms with Crippen LogP contribution in [0.3, 0.4) is 0 Å². The molecule has 0 unspecified atom stereocenters. The fourth-order valence-electron chi connectivity index (χ4n) is 2.51. The Morgan fingerprint density at radius 1 is 1.00 bits per heavy atom. The van der Waals surface area contributed by atoms with Crippen molar-refractivity contribution in [2.75, 3.05) is 0 Å². The smallest absolute Gasteiger partial charge is 0.141 e. The largest absolute Gasteiger partial charge is 0.299 e. The highest BCUT2D eigenvalue weighted by Crippen LogP contribution is 2.32. The van der Waals surface area contributed by atoms with Crippen LogP contribution in [-0.2, 0) is 11.2 Å². The molecule has 1 aromatic rings. The van der Waals surface area contributed by atoms with Crippen molar-refractivity contribution in [1.82, 2.24) is 0 Å². The number of benzene rings is 1. The monoisotopic (exact) mass is 260 g/mol. The number of ketones is 1. The van der Waals surface area contributed by atoms with E-state index in [0.29, 0.717) is 5.78 Å². The summed E-state index contributed by atoms with van der Waals surface area (Å²) in [5.41, 5.74) is 1.18. The van der Waals surface area contributed by atoms with Crippen LogP contribution in [0.25, 0.3) is 0 Å². The van der Waals surface area contributed by atoms with Crippen LogP contribution in [-0.4, -0.2) is 5.78 Å². The average molecular weight is 260 g/mol. The van der Waals surface area contributed by atoms with E-state index in [9.17, 15) is 4.79 Å². The van der Waals surface area contributed by atoms with Crippen molar-refractivity contribution >= 4 is 5.78 Å². The molecule has 0 N–H and O–H groups in total. The van der Waals surface area contributed by atoms with Gasteiger partial charge >= 0.3 is 0 Å². The second-order valence-corrected chi connectivity index (χ2v) is 7.77. The van der Waals surface area contributed by atoms with Gasteiger partial charge in [-0.3, -0.25) is 4.79 Å². The summed E-state index contributed by atoms with van der Waals surface area (Å²) in [6, 6.07) is 10.3. The van der Waals surface area contributed by atoms with Gasteiger partial charge in [-0.2, -0.15) is 0 Å². The Labute approximate surface area is 118 Å². The first kappa shape index (κ1) is 15.9. The Morgan fingerprint density at radius 2 is 1.53 bits per heavy atom. The molecule has 1 heteroatoms. The number of Topliss-reactive ketones (excluding diaryl/α,β-unsaturated/α-hetero) is 1. The molecule has 0 spiro atoms. The molecule has 0 aliphatic rings. The van der Waals surface area contributed by atoms with Crippen molar-refractivity contribution in [2.45, 2.75) is 54.4 Å². The van der Waals surface area contributed by atoms with Gasteiger partial charge in [0.1, 0.15) is 5.78 Å². The van der Waals surface area contributed by atoms with Gasteiger partial charge in [0.25, 0.3) is 0 Å². The quantitative estimate of drug-likeness (QED) is 0.752. The molecule has 0 aromatic heterocycles. The maximum absolute atomic E-state index is 12.6. The molecular weight excluding hydrogens is 232 g/mol. The van der Waals surface area contributed by atoms with E-state index in [2.05, 4.69) is 32.9 Å². The summed E-state index contributed by atoms with van der Waals surface area (Å²) in [5.74, 6) is 0.494. The maximum Gasteiger partial charge on any atom is 0.141 e. The van der Waals surface area contributed by atoms with Gasteiger partial charge in [0.15, 0.2) is 0 Å². The molecule has 0 amide bonds. The second kappa shape index (κ2) is 5.90. The van der Waals surface area contributed by atoms with Crippen molar-refractivity contribution in [3.8, 4) is 0 Å². The molecule has 1 aromatic carbocycles. The second-order valence-electron chi connectivity index (χ2n) is 7.77. The van der Waals surface area contributed by atoms with Crippen molar-refractivity contribution < 1.29 is 4.79 Å². The lowest BCUT2D eigenvalue weighted by atomic mass is 9.73. The predicted molar refractivity (Wildman–Crippen MR) is 82.2 cm³/mol. The van der Waals surface area contributed by atoms with Crippen molar-refractivity contribution in [1.29, 1.82) is 0 Å². The van der Waals surface area contributed by atoms with Crippen LogP contribution in [0.2, 0.25) is 0 Å². The molecule has 106 valence electrons. The van der Waals surface area contributed by atoms with Gasteiger partial charge in [0, 0.05) is 11.3 Å². The number of carbonyl (C=O) groups is 1. The van der Waals surface area contributed by atoms with E-state index >= 15 is 0 Å². The van der Waals surface area contributed by atoms with E-state index in [0.717, 1.165) is 12.8 Å². The van der Waals surface area contributed by atoms with Gasteiger partial charge in [-0.15, -0.1) is 0 Å². The zero-order valence-electron chi connectivity index (χ0n) is 13.3. The fraction of sp³-hybridized carbons (Fsp3) is 0.611. The first-order valence-corrected chi connectivity index (χ1v) is 7.18. The van der Waals surface area contributed by atoms with Crippen LogP contribution >= 0.6 is 0 Å². The zero-order valence-corrected chi connectivity index (χ0v) is 13.3. The van der Waals surface area contributed by atoms with E-state index in [4.69, 9.17) is 0 Å². The predicted octanol–water partition coefficient (Wildman–Crippen LogP) is 4.90. The van der Waals surface area contributed by atoms with Crippen LogP contribution in [0, 0.1) is 16.7 Å². The molecule has 0 fully saturated rings. The highest BCUT2D eigenvalue weighted by atomic mass is 16.1. The molecule has 0 saturated heterocycles. The Kier molecular flexibility index (Phi) is 4.95. The van der Waals surface area contributed by atoms with Gasteiger partial charge in [0.05, 0.1) is 0 Å². The SMILES string of the molecule is CC(C)(C)C[C@@H](Cc1ccccc1)C(=O)C(C)(C)C. The van der Waals surface area contributed by atoms with Crippen LogP contribution < -0.4 is 0 Å². The number of hydrogen-bond donors (Lipinski definition) is 0. The van der Waals surface area contributed by atoms with Crippen LogP contribution in [0.5, 0.6) is 0 Å². The third kappa shape index (κ3) is 5.59. The number of hydrogen-bond acceptors (Lipinski definition) is 1. The minimum atomic E-state index is -0.259. The van der Waals surface area contributed by atoms with Crippen LogP contribution in [0.15, 0.2) is 30.3 Å². The highest BCUT2D eigenvalue weighted by Gasteiger charge is 2.32. The standard InChI is InChI=1S/C18H28O/c1-17(2,3)13-15(16(19)18(4,5)6)12-14-10-8-7-9-11-14/h7-11,15H,12-13H2,1-6H3/t15-/m1/s1.